The molecule has 3 amide bonds. The van der Waals surface area contributed by atoms with Crippen LogP contribution >= 0.6 is 0 Å². The van der Waals surface area contributed by atoms with Gasteiger partial charge in [0.25, 0.3) is 5.91 Å². The number of aryl methyl sites for hydroxylation is 1. The van der Waals surface area contributed by atoms with E-state index in [1.165, 1.54) is 12.8 Å². The molecular weight excluding hydrogens is 568 g/mol. The van der Waals surface area contributed by atoms with Crippen LogP contribution in [0.4, 0.5) is 10.5 Å². The van der Waals surface area contributed by atoms with Crippen molar-refractivity contribution in [3.63, 3.8) is 0 Å². The Kier molecular flexibility index (Phi) is 6.35. The van der Waals surface area contributed by atoms with Crippen molar-refractivity contribution in [1.29, 1.82) is 0 Å². The molecular formula is C34H36N8O3. The van der Waals surface area contributed by atoms with E-state index in [9.17, 15) is 9.59 Å². The zero-order valence-electron chi connectivity index (χ0n) is 25.4. The van der Waals surface area contributed by atoms with Crippen molar-refractivity contribution in [2.24, 2.45) is 30.4 Å². The summed E-state index contributed by atoms with van der Waals surface area (Å²) in [7, 11) is 3.63. The maximum atomic E-state index is 13.7. The fraction of sp³-hybridized carbons (Fsp3) is 0.353. The van der Waals surface area contributed by atoms with Crippen LogP contribution in [0.5, 0.6) is 5.75 Å². The molecule has 230 valence electrons. The number of aromatic nitrogens is 4. The van der Waals surface area contributed by atoms with Gasteiger partial charge in [0, 0.05) is 54.4 Å². The maximum absolute atomic E-state index is 13.7. The molecule has 0 radical (unpaired) electrons. The van der Waals surface area contributed by atoms with Crippen molar-refractivity contribution in [2.75, 3.05) is 19.0 Å². The van der Waals surface area contributed by atoms with Gasteiger partial charge in [0.15, 0.2) is 5.82 Å². The van der Waals surface area contributed by atoms with Crippen molar-refractivity contribution in [1.82, 2.24) is 24.0 Å². The number of primary amides is 1. The number of anilines is 1. The maximum Gasteiger partial charge on any atom is 0.316 e. The first-order chi connectivity index (χ1) is 21.8. The monoisotopic (exact) mass is 604 g/mol. The molecule has 3 atom stereocenters. The fourth-order valence-corrected chi connectivity index (χ4v) is 7.35. The molecule has 3 fully saturated rings. The lowest BCUT2D eigenvalue weighted by atomic mass is 10.1. The topological polar surface area (TPSA) is 146 Å². The molecule has 4 heterocycles. The number of piperidine rings is 1. The molecule has 3 aromatic heterocycles. The molecule has 1 aliphatic heterocycles. The number of nitrogens with one attached hydrogen (secondary N) is 1. The third-order valence-corrected chi connectivity index (χ3v) is 9.87. The zero-order valence-corrected chi connectivity index (χ0v) is 25.4. The predicted molar refractivity (Wildman–Crippen MR) is 173 cm³/mol. The van der Waals surface area contributed by atoms with Crippen LogP contribution in [0.25, 0.3) is 44.8 Å². The van der Waals surface area contributed by atoms with Crippen molar-refractivity contribution >= 4 is 39.7 Å². The largest absolute Gasteiger partial charge is 0.494 e. The zero-order chi connectivity index (χ0) is 31.0. The normalized spacial score (nSPS) is 20.8. The Morgan fingerprint density at radius 2 is 1.82 bits per heavy atom. The van der Waals surface area contributed by atoms with Gasteiger partial charge >= 0.3 is 6.03 Å². The molecule has 5 N–H and O–H groups in total. The standard InChI is InChI=1S/C34H36N8O3/c1-40-30-25(13-22(15-28(30)45-2)33(43)42-17-21-8-12-26(42)29(21)35)39-32(40)27-14-20-7-11-24(38-31(20)41(27)16-18-3-4-18)19-5-9-23(10-6-19)37-34(36)44/h5-7,9-11,13-15,18,21,26,29H,3-4,8,12,16-17,35H2,1-2H3,(H3,36,37,44). The molecule has 11 heteroatoms. The van der Waals surface area contributed by atoms with E-state index < -0.39 is 6.03 Å². The van der Waals surface area contributed by atoms with Crippen LogP contribution in [0.3, 0.4) is 0 Å². The van der Waals surface area contributed by atoms with Crippen molar-refractivity contribution in [3.05, 3.63) is 60.2 Å². The predicted octanol–water partition coefficient (Wildman–Crippen LogP) is 4.73. The van der Waals surface area contributed by atoms with Crippen LogP contribution in [0.1, 0.15) is 36.0 Å². The van der Waals surface area contributed by atoms with Crippen LogP contribution in [0.2, 0.25) is 0 Å². The van der Waals surface area contributed by atoms with Gasteiger partial charge in [-0.25, -0.2) is 14.8 Å². The molecule has 2 bridgehead atoms. The number of nitrogens with zero attached hydrogens (tertiary/aromatic N) is 5. The highest BCUT2D eigenvalue weighted by Gasteiger charge is 2.47. The number of rotatable bonds is 7. The molecule has 0 spiro atoms. The second kappa shape index (κ2) is 10.3. The molecule has 45 heavy (non-hydrogen) atoms. The second-order valence-electron chi connectivity index (χ2n) is 12.7. The van der Waals surface area contributed by atoms with E-state index in [2.05, 4.69) is 26.6 Å². The number of imidazole rings is 1. The molecule has 2 aliphatic carbocycles. The Morgan fingerprint density at radius 3 is 2.49 bits per heavy atom. The minimum Gasteiger partial charge on any atom is -0.494 e. The summed E-state index contributed by atoms with van der Waals surface area (Å²) in [4.78, 5) is 37.1. The van der Waals surface area contributed by atoms with Gasteiger partial charge in [-0.1, -0.05) is 12.1 Å². The number of hydrogen-bond acceptors (Lipinski definition) is 6. The number of amides is 3. The SMILES string of the molecule is COc1cc(C(=O)N2CC3CCC2C3N)cc2nc(-c3cc4ccc(-c5ccc(NC(N)=O)cc5)nc4n3CC3CC3)n(C)c12. The highest BCUT2D eigenvalue weighted by molar-refractivity contribution is 6.00. The third-order valence-electron chi connectivity index (χ3n) is 9.87. The molecule has 1 saturated heterocycles. The third kappa shape index (κ3) is 4.61. The lowest BCUT2D eigenvalue weighted by molar-refractivity contribution is 0.0700. The van der Waals surface area contributed by atoms with Gasteiger partial charge in [-0.05, 0) is 80.0 Å². The molecule has 2 saturated carbocycles. The van der Waals surface area contributed by atoms with Gasteiger partial charge in [0.2, 0.25) is 0 Å². The summed E-state index contributed by atoms with van der Waals surface area (Å²) in [6.07, 6.45) is 4.44. The number of fused-ring (bicyclic) bond motifs is 4. The number of likely N-dealkylation sites (tertiary alicyclic amines) is 1. The second-order valence-corrected chi connectivity index (χ2v) is 12.7. The van der Waals surface area contributed by atoms with Crippen LogP contribution < -0.4 is 21.5 Å². The van der Waals surface area contributed by atoms with E-state index >= 15 is 0 Å². The van der Waals surface area contributed by atoms with Crippen LogP contribution in [0, 0.1) is 11.8 Å². The lowest BCUT2D eigenvalue weighted by Crippen LogP contribution is -2.41. The molecule has 11 nitrogen and oxygen atoms in total. The highest BCUT2D eigenvalue weighted by atomic mass is 16.5. The summed E-state index contributed by atoms with van der Waals surface area (Å²) in [5.74, 6) is 2.37. The van der Waals surface area contributed by atoms with Crippen LogP contribution in [0.15, 0.2) is 54.6 Å². The number of hydrogen-bond donors (Lipinski definition) is 3. The average Bonchev–Trinajstić information content (AvgIpc) is 3.44. The first-order valence-electron chi connectivity index (χ1n) is 15.6. The number of urea groups is 1. The summed E-state index contributed by atoms with van der Waals surface area (Å²) in [5.41, 5.74) is 18.1. The van der Waals surface area contributed by atoms with Gasteiger partial charge in [-0.3, -0.25) is 4.79 Å². The molecule has 5 aromatic rings. The van der Waals surface area contributed by atoms with Crippen molar-refractivity contribution < 1.29 is 14.3 Å². The van der Waals surface area contributed by atoms with E-state index in [-0.39, 0.29) is 18.0 Å². The fourth-order valence-electron chi connectivity index (χ4n) is 7.35. The molecule has 2 aromatic carbocycles. The van der Waals surface area contributed by atoms with E-state index in [1.54, 1.807) is 7.11 Å². The van der Waals surface area contributed by atoms with Gasteiger partial charge in [-0.2, -0.15) is 0 Å². The van der Waals surface area contributed by atoms with Gasteiger partial charge in [0.1, 0.15) is 16.9 Å². The van der Waals surface area contributed by atoms with Gasteiger partial charge in [0.05, 0.1) is 24.0 Å². The Labute approximate surface area is 260 Å². The number of carbonyl (C=O) groups is 2. The van der Waals surface area contributed by atoms with E-state index in [4.69, 9.17) is 26.2 Å². The van der Waals surface area contributed by atoms with Gasteiger partial charge in [-0.15, -0.1) is 0 Å². The molecule has 8 rings (SSSR count). The average molecular weight is 605 g/mol. The van der Waals surface area contributed by atoms with Crippen LogP contribution in [-0.2, 0) is 13.6 Å². The Balaban J connectivity index is 1.20. The first-order valence-corrected chi connectivity index (χ1v) is 15.6. The number of carbonyl (C=O) groups excluding carboxylic acids is 2. The van der Waals surface area contributed by atoms with Crippen LogP contribution in [-0.4, -0.2) is 61.7 Å². The molecule has 3 unspecified atom stereocenters. The number of nitrogens with two attached hydrogens (primary N) is 2. The number of ether oxygens (including phenoxy) is 1. The highest BCUT2D eigenvalue weighted by Crippen LogP contribution is 2.40. The van der Waals surface area contributed by atoms with Crippen molar-refractivity contribution in [3.8, 4) is 28.5 Å². The summed E-state index contributed by atoms with van der Waals surface area (Å²) >= 11 is 0. The van der Waals surface area contributed by atoms with Gasteiger partial charge < -0.3 is 35.6 Å². The molecule has 3 aliphatic rings. The minimum absolute atomic E-state index is 0.0110. The number of methoxy groups -OCH3 is 1. The summed E-state index contributed by atoms with van der Waals surface area (Å²) in [6.45, 7) is 1.56. The Bertz CT molecular complexity index is 1990. The summed E-state index contributed by atoms with van der Waals surface area (Å²) in [5, 5.41) is 3.62. The van der Waals surface area contributed by atoms with E-state index in [1.807, 2.05) is 54.4 Å². The number of pyridine rings is 1. The number of benzene rings is 2. The van der Waals surface area contributed by atoms with E-state index in [0.29, 0.717) is 40.9 Å². The minimum atomic E-state index is -0.599. The lowest BCUT2D eigenvalue weighted by Gasteiger charge is -2.27. The smallest absolute Gasteiger partial charge is 0.316 e. The first kappa shape index (κ1) is 27.6. The summed E-state index contributed by atoms with van der Waals surface area (Å²) in [6, 6.07) is 17.0. The van der Waals surface area contributed by atoms with Crippen molar-refractivity contribution in [2.45, 2.75) is 44.3 Å². The van der Waals surface area contributed by atoms with E-state index in [0.717, 1.165) is 58.7 Å². The quantitative estimate of drug-likeness (QED) is 0.245. The Morgan fingerprint density at radius 1 is 1.02 bits per heavy atom. The summed E-state index contributed by atoms with van der Waals surface area (Å²) < 4.78 is 10.2. The Hall–Kier alpha value is -4.90.